The Labute approximate surface area is 208 Å². The summed E-state index contributed by atoms with van der Waals surface area (Å²) >= 11 is 6.54. The third kappa shape index (κ3) is 4.04. The summed E-state index contributed by atoms with van der Waals surface area (Å²) in [5, 5.41) is 5.66. The van der Waals surface area contributed by atoms with Gasteiger partial charge < -0.3 is 0 Å². The van der Waals surface area contributed by atoms with E-state index in [-0.39, 0.29) is 23.2 Å². The first kappa shape index (κ1) is 22.2. The average molecular weight is 494 g/mol. The number of likely N-dealkylation sites (tertiary alicyclic amines) is 1. The first-order valence-corrected chi connectivity index (χ1v) is 13.3. The number of aromatic nitrogens is 2. The van der Waals surface area contributed by atoms with Gasteiger partial charge in [-0.3, -0.25) is 24.7 Å². The van der Waals surface area contributed by atoms with E-state index in [4.69, 9.17) is 12.6 Å². The van der Waals surface area contributed by atoms with Crippen LogP contribution in [-0.4, -0.2) is 50.7 Å². The molecule has 3 aliphatic heterocycles. The van der Waals surface area contributed by atoms with Gasteiger partial charge in [0.05, 0.1) is 17.1 Å². The van der Waals surface area contributed by atoms with Gasteiger partial charge in [0.1, 0.15) is 11.2 Å². The number of imide groups is 1. The summed E-state index contributed by atoms with van der Waals surface area (Å²) in [6.07, 6.45) is 4.85. The number of amides is 2. The monoisotopic (exact) mass is 493 g/mol. The number of piperidine rings is 2. The number of hydrogen-bond acceptors (Lipinski definition) is 8. The zero-order valence-corrected chi connectivity index (χ0v) is 20.5. The van der Waals surface area contributed by atoms with Crippen LogP contribution in [0, 0.1) is 0 Å². The van der Waals surface area contributed by atoms with Crippen LogP contribution in [0.1, 0.15) is 59.4 Å². The molecule has 2 saturated heterocycles. The van der Waals surface area contributed by atoms with Gasteiger partial charge in [-0.1, -0.05) is 18.2 Å². The SMILES string of the molecule is O=C1CCC(N2Cc3ccc(CN4CCC(c5ncnc6sccc56)CC4)cc3C2S)C(=O)N1. The predicted molar refractivity (Wildman–Crippen MR) is 135 cm³/mol. The van der Waals surface area contributed by atoms with Gasteiger partial charge in [-0.15, -0.1) is 11.3 Å². The smallest absolute Gasteiger partial charge is 0.243 e. The first-order chi connectivity index (χ1) is 16.6. The van der Waals surface area contributed by atoms with E-state index in [0.29, 0.717) is 25.3 Å². The number of fused-ring (bicyclic) bond motifs is 2. The Kier molecular flexibility index (Phi) is 5.89. The van der Waals surface area contributed by atoms with Gasteiger partial charge in [0, 0.05) is 30.8 Å². The highest BCUT2D eigenvalue weighted by Gasteiger charge is 2.39. The Balaban J connectivity index is 1.10. The molecule has 0 radical (unpaired) electrons. The highest BCUT2D eigenvalue weighted by molar-refractivity contribution is 7.80. The Hall–Kier alpha value is -2.33. The van der Waals surface area contributed by atoms with Crippen molar-refractivity contribution in [2.24, 2.45) is 0 Å². The fraction of sp³-hybridized carbons (Fsp3) is 0.440. The van der Waals surface area contributed by atoms with Crippen molar-refractivity contribution in [1.82, 2.24) is 25.1 Å². The summed E-state index contributed by atoms with van der Waals surface area (Å²) in [5.41, 5.74) is 4.88. The lowest BCUT2D eigenvalue weighted by molar-refractivity contribution is -0.137. The van der Waals surface area contributed by atoms with Crippen LogP contribution in [-0.2, 0) is 22.7 Å². The molecule has 2 amide bonds. The van der Waals surface area contributed by atoms with Crippen LogP contribution in [0.5, 0.6) is 0 Å². The minimum Gasteiger partial charge on any atom is -0.299 e. The zero-order chi connectivity index (χ0) is 23.2. The number of nitrogens with one attached hydrogen (secondary N) is 1. The summed E-state index contributed by atoms with van der Waals surface area (Å²) < 4.78 is 0. The molecule has 0 bridgehead atoms. The van der Waals surface area contributed by atoms with Gasteiger partial charge in [-0.25, -0.2) is 9.97 Å². The Morgan fingerprint density at radius 2 is 1.97 bits per heavy atom. The van der Waals surface area contributed by atoms with Crippen molar-refractivity contribution in [1.29, 1.82) is 0 Å². The molecule has 176 valence electrons. The molecule has 34 heavy (non-hydrogen) atoms. The summed E-state index contributed by atoms with van der Waals surface area (Å²) in [6.45, 7) is 3.70. The predicted octanol–water partition coefficient (Wildman–Crippen LogP) is 3.62. The van der Waals surface area contributed by atoms with E-state index in [2.05, 4.69) is 54.7 Å². The molecule has 9 heteroatoms. The van der Waals surface area contributed by atoms with Gasteiger partial charge in [0.25, 0.3) is 0 Å². The number of benzene rings is 1. The fourth-order valence-corrected chi connectivity index (χ4v) is 6.85. The van der Waals surface area contributed by atoms with E-state index < -0.39 is 0 Å². The van der Waals surface area contributed by atoms with Gasteiger partial charge in [-0.2, -0.15) is 12.6 Å². The third-order valence-electron chi connectivity index (χ3n) is 7.44. The van der Waals surface area contributed by atoms with Crippen molar-refractivity contribution in [3.05, 3.63) is 58.4 Å². The van der Waals surface area contributed by atoms with Crippen molar-refractivity contribution in [3.63, 3.8) is 0 Å². The summed E-state index contributed by atoms with van der Waals surface area (Å²) in [5.74, 6) is 0.106. The van der Waals surface area contributed by atoms with Gasteiger partial charge in [0.2, 0.25) is 11.8 Å². The second kappa shape index (κ2) is 9.03. The molecule has 0 spiro atoms. The minimum atomic E-state index is -0.299. The van der Waals surface area contributed by atoms with E-state index in [9.17, 15) is 9.59 Å². The molecule has 2 fully saturated rings. The minimum absolute atomic E-state index is 0.129. The molecule has 3 aromatic rings. The molecule has 1 aromatic carbocycles. The maximum absolute atomic E-state index is 12.4. The van der Waals surface area contributed by atoms with Gasteiger partial charge >= 0.3 is 0 Å². The van der Waals surface area contributed by atoms with Crippen LogP contribution in [0.25, 0.3) is 10.2 Å². The van der Waals surface area contributed by atoms with E-state index in [1.165, 1.54) is 27.8 Å². The second-order valence-electron chi connectivity index (χ2n) is 9.49. The zero-order valence-electron chi connectivity index (χ0n) is 18.8. The van der Waals surface area contributed by atoms with Crippen LogP contribution >= 0.6 is 24.0 Å². The molecule has 1 N–H and O–H groups in total. The molecular formula is C25H27N5O2S2. The maximum Gasteiger partial charge on any atom is 0.243 e. The number of thiol groups is 1. The molecule has 7 nitrogen and oxygen atoms in total. The summed E-state index contributed by atoms with van der Waals surface area (Å²) in [4.78, 5) is 38.7. The van der Waals surface area contributed by atoms with E-state index in [0.717, 1.165) is 37.3 Å². The second-order valence-corrected chi connectivity index (χ2v) is 10.9. The normalized spacial score (nSPS) is 24.5. The summed E-state index contributed by atoms with van der Waals surface area (Å²) in [7, 11) is 0. The van der Waals surface area contributed by atoms with Gasteiger partial charge in [-0.05, 0) is 60.5 Å². The highest BCUT2D eigenvalue weighted by Crippen LogP contribution is 2.40. The molecular weight excluding hydrogens is 466 g/mol. The molecule has 3 aliphatic rings. The van der Waals surface area contributed by atoms with Crippen molar-refractivity contribution in [2.45, 2.75) is 56.1 Å². The lowest BCUT2D eigenvalue weighted by atomic mass is 9.91. The average Bonchev–Trinajstić information content (AvgIpc) is 3.45. The van der Waals surface area contributed by atoms with Crippen LogP contribution < -0.4 is 5.32 Å². The lowest BCUT2D eigenvalue weighted by Gasteiger charge is -2.32. The van der Waals surface area contributed by atoms with Gasteiger partial charge in [0.15, 0.2) is 0 Å². The quantitative estimate of drug-likeness (QED) is 0.427. The fourth-order valence-electron chi connectivity index (χ4n) is 5.63. The standard InChI is InChI=1S/C25H27N5O2S2/c31-21-4-3-20(23(32)28-21)30-13-17-2-1-15(11-19(17)25(30)33)12-29-8-5-16(6-9-29)22-18-7-10-34-24(18)27-14-26-22/h1-2,7,10-11,14,16,20,25,33H,3-6,8-9,12-13H2,(H,28,31,32). The highest BCUT2D eigenvalue weighted by atomic mass is 32.1. The first-order valence-electron chi connectivity index (χ1n) is 11.9. The molecule has 2 unspecified atom stereocenters. The Morgan fingerprint density at radius 3 is 2.79 bits per heavy atom. The van der Waals surface area contributed by atoms with E-state index in [1.54, 1.807) is 17.7 Å². The van der Waals surface area contributed by atoms with Crippen LogP contribution in [0.4, 0.5) is 0 Å². The number of thiophene rings is 1. The number of rotatable bonds is 4. The van der Waals surface area contributed by atoms with E-state index in [1.807, 2.05) is 0 Å². The number of nitrogens with zero attached hydrogens (tertiary/aromatic N) is 4. The Bertz CT molecular complexity index is 1250. The topological polar surface area (TPSA) is 78.4 Å². The molecule has 5 heterocycles. The van der Waals surface area contributed by atoms with Crippen molar-refractivity contribution < 1.29 is 9.59 Å². The largest absolute Gasteiger partial charge is 0.299 e. The maximum atomic E-state index is 12.4. The number of carbonyl (C=O) groups is 2. The lowest BCUT2D eigenvalue weighted by Crippen LogP contribution is -2.51. The third-order valence-corrected chi connectivity index (χ3v) is 8.83. The molecule has 0 saturated carbocycles. The molecule has 2 aromatic heterocycles. The van der Waals surface area contributed by atoms with Crippen molar-refractivity contribution in [3.8, 4) is 0 Å². The number of hydrogen-bond donors (Lipinski definition) is 2. The van der Waals surface area contributed by atoms with Crippen LogP contribution in [0.2, 0.25) is 0 Å². The van der Waals surface area contributed by atoms with Crippen LogP contribution in [0.3, 0.4) is 0 Å². The van der Waals surface area contributed by atoms with Crippen molar-refractivity contribution in [2.75, 3.05) is 13.1 Å². The molecule has 0 aliphatic carbocycles. The number of carbonyl (C=O) groups excluding carboxylic acids is 2. The van der Waals surface area contributed by atoms with Crippen molar-refractivity contribution >= 4 is 46.0 Å². The Morgan fingerprint density at radius 1 is 1.12 bits per heavy atom. The molecule has 6 rings (SSSR count). The summed E-state index contributed by atoms with van der Waals surface area (Å²) in [6, 6.07) is 8.49. The van der Waals surface area contributed by atoms with E-state index >= 15 is 0 Å². The van der Waals surface area contributed by atoms with Crippen LogP contribution in [0.15, 0.2) is 36.0 Å². The molecule has 2 atom stereocenters.